The average molecular weight is 453 g/mol. The number of aromatic nitrogens is 4. The van der Waals surface area contributed by atoms with Gasteiger partial charge in [0.25, 0.3) is 0 Å². The summed E-state index contributed by atoms with van der Waals surface area (Å²) >= 11 is 1.34. The molecule has 2 aromatic heterocycles. The van der Waals surface area contributed by atoms with Gasteiger partial charge in [-0.2, -0.15) is 5.26 Å². The monoisotopic (exact) mass is 452 g/mol. The maximum Gasteiger partial charge on any atom is 0.236 e. The van der Waals surface area contributed by atoms with Crippen LogP contribution in [0.25, 0.3) is 5.69 Å². The van der Waals surface area contributed by atoms with E-state index in [1.807, 2.05) is 13.8 Å². The molecule has 166 valence electrons. The molecule has 1 aliphatic carbocycles. The van der Waals surface area contributed by atoms with Crippen LogP contribution in [0.15, 0.2) is 29.4 Å². The quantitative estimate of drug-likeness (QED) is 0.516. The summed E-state index contributed by atoms with van der Waals surface area (Å²) in [6.07, 6.45) is 2.21. The van der Waals surface area contributed by atoms with Crippen molar-refractivity contribution in [3.05, 3.63) is 52.7 Å². The molecule has 0 saturated heterocycles. The van der Waals surface area contributed by atoms with Crippen LogP contribution in [0.4, 0.5) is 10.2 Å². The number of benzene rings is 1. The molecule has 0 atom stereocenters. The maximum absolute atomic E-state index is 13.4. The van der Waals surface area contributed by atoms with E-state index in [-0.39, 0.29) is 23.4 Å². The van der Waals surface area contributed by atoms with Gasteiger partial charge in [0.2, 0.25) is 5.91 Å². The topological polar surface area (TPSA) is 88.5 Å². The van der Waals surface area contributed by atoms with Crippen molar-refractivity contribution < 1.29 is 9.18 Å². The predicted octanol–water partition coefficient (Wildman–Crippen LogP) is 4.89. The second-order valence-electron chi connectivity index (χ2n) is 8.29. The molecule has 4 rings (SSSR count). The lowest BCUT2D eigenvalue weighted by Crippen LogP contribution is -2.18. The van der Waals surface area contributed by atoms with Crippen LogP contribution in [0.5, 0.6) is 0 Å². The first kappa shape index (κ1) is 22.1. The first-order valence-corrected chi connectivity index (χ1v) is 11.6. The van der Waals surface area contributed by atoms with E-state index in [0.717, 1.165) is 35.1 Å². The van der Waals surface area contributed by atoms with Gasteiger partial charge in [-0.05, 0) is 56.5 Å². The molecule has 2 heterocycles. The van der Waals surface area contributed by atoms with E-state index in [0.29, 0.717) is 23.1 Å². The Hall–Kier alpha value is -3.12. The molecule has 1 fully saturated rings. The van der Waals surface area contributed by atoms with Crippen molar-refractivity contribution in [1.29, 1.82) is 5.26 Å². The van der Waals surface area contributed by atoms with Gasteiger partial charge in [0.1, 0.15) is 23.5 Å². The number of carbonyl (C=O) groups excluding carboxylic acids is 1. The fourth-order valence-electron chi connectivity index (χ4n) is 3.73. The summed E-state index contributed by atoms with van der Waals surface area (Å²) in [5.74, 6) is 1.14. The summed E-state index contributed by atoms with van der Waals surface area (Å²) in [5, 5.41) is 22.0. The van der Waals surface area contributed by atoms with Crippen molar-refractivity contribution >= 4 is 23.5 Å². The molecule has 0 unspecified atom stereocenters. The molecule has 0 spiro atoms. The Morgan fingerprint density at radius 3 is 2.56 bits per heavy atom. The van der Waals surface area contributed by atoms with Gasteiger partial charge in [0.05, 0.1) is 11.3 Å². The minimum Gasteiger partial charge on any atom is -0.310 e. The van der Waals surface area contributed by atoms with Crippen molar-refractivity contribution in [3.8, 4) is 11.8 Å². The van der Waals surface area contributed by atoms with Crippen LogP contribution in [-0.2, 0) is 4.79 Å². The van der Waals surface area contributed by atoms with Crippen LogP contribution < -0.4 is 5.32 Å². The Morgan fingerprint density at radius 1 is 1.28 bits per heavy atom. The molecule has 1 saturated carbocycles. The second-order valence-corrected chi connectivity index (χ2v) is 9.23. The first-order chi connectivity index (χ1) is 15.3. The van der Waals surface area contributed by atoms with Crippen molar-refractivity contribution in [2.24, 2.45) is 0 Å². The first-order valence-electron chi connectivity index (χ1n) is 10.6. The zero-order chi connectivity index (χ0) is 23.0. The van der Waals surface area contributed by atoms with Crippen LogP contribution in [0.2, 0.25) is 0 Å². The third kappa shape index (κ3) is 4.15. The molecule has 1 amide bonds. The molecule has 3 aromatic rings. The van der Waals surface area contributed by atoms with Crippen LogP contribution in [0.3, 0.4) is 0 Å². The second kappa shape index (κ2) is 8.79. The van der Waals surface area contributed by atoms with Gasteiger partial charge in [-0.1, -0.05) is 25.6 Å². The van der Waals surface area contributed by atoms with Crippen LogP contribution in [0.1, 0.15) is 61.3 Å². The van der Waals surface area contributed by atoms with E-state index < -0.39 is 0 Å². The van der Waals surface area contributed by atoms with Gasteiger partial charge < -0.3 is 9.88 Å². The van der Waals surface area contributed by atoms with E-state index in [1.165, 1.54) is 23.9 Å². The summed E-state index contributed by atoms with van der Waals surface area (Å²) in [5.41, 5.74) is 2.65. The number of hydrogen-bond donors (Lipinski definition) is 1. The van der Waals surface area contributed by atoms with Crippen LogP contribution in [-0.4, -0.2) is 31.0 Å². The number of anilines is 1. The standard InChI is InChI=1S/C23H25FN6OS/c1-13(2)21-27-28-23(30(21)18-9-10-18)32-12-20(31)26-22-19(11-25)14(3)15(4)29(22)17-7-5-16(24)6-8-17/h5-8,13,18H,9-10,12H2,1-4H3,(H,26,31). The lowest BCUT2D eigenvalue weighted by atomic mass is 10.2. The zero-order valence-corrected chi connectivity index (χ0v) is 19.3. The van der Waals surface area contributed by atoms with Crippen molar-refractivity contribution in [3.63, 3.8) is 0 Å². The van der Waals surface area contributed by atoms with Gasteiger partial charge >= 0.3 is 0 Å². The predicted molar refractivity (Wildman–Crippen MR) is 122 cm³/mol. The summed E-state index contributed by atoms with van der Waals surface area (Å²) < 4.78 is 17.4. The number of rotatable bonds is 7. The number of nitrogens with one attached hydrogen (secondary N) is 1. The third-order valence-electron chi connectivity index (χ3n) is 5.62. The number of amides is 1. The number of nitrogens with zero attached hydrogens (tertiary/aromatic N) is 5. The molecular formula is C23H25FN6OS. The largest absolute Gasteiger partial charge is 0.310 e. The highest BCUT2D eigenvalue weighted by Gasteiger charge is 2.30. The highest BCUT2D eigenvalue weighted by atomic mass is 32.2. The number of carbonyl (C=O) groups is 1. The minimum absolute atomic E-state index is 0.139. The number of hydrogen-bond acceptors (Lipinski definition) is 5. The van der Waals surface area contributed by atoms with E-state index in [2.05, 4.69) is 40.0 Å². The Balaban J connectivity index is 1.57. The maximum atomic E-state index is 13.4. The molecule has 7 nitrogen and oxygen atoms in total. The van der Waals surface area contributed by atoms with Gasteiger partial charge in [-0.25, -0.2) is 4.39 Å². The van der Waals surface area contributed by atoms with E-state index in [1.54, 1.807) is 16.7 Å². The van der Waals surface area contributed by atoms with Gasteiger partial charge in [0.15, 0.2) is 5.16 Å². The Kier molecular flexibility index (Phi) is 6.07. The van der Waals surface area contributed by atoms with Crippen molar-refractivity contribution in [1.82, 2.24) is 19.3 Å². The number of halogens is 1. The van der Waals surface area contributed by atoms with E-state index in [9.17, 15) is 14.4 Å². The molecular weight excluding hydrogens is 427 g/mol. The molecule has 9 heteroatoms. The normalized spacial score (nSPS) is 13.4. The van der Waals surface area contributed by atoms with Crippen LogP contribution in [0, 0.1) is 31.0 Å². The molecule has 1 N–H and O–H groups in total. The minimum atomic E-state index is -0.349. The lowest BCUT2D eigenvalue weighted by Gasteiger charge is -2.13. The number of nitriles is 1. The van der Waals surface area contributed by atoms with Gasteiger partial charge in [0, 0.05) is 23.3 Å². The summed E-state index contributed by atoms with van der Waals surface area (Å²) in [4.78, 5) is 12.9. The fraction of sp³-hybridized carbons (Fsp3) is 0.391. The third-order valence-corrected chi connectivity index (χ3v) is 6.56. The van der Waals surface area contributed by atoms with E-state index >= 15 is 0 Å². The molecule has 32 heavy (non-hydrogen) atoms. The highest BCUT2D eigenvalue weighted by Crippen LogP contribution is 2.40. The van der Waals surface area contributed by atoms with Crippen molar-refractivity contribution in [2.45, 2.75) is 57.7 Å². The molecule has 0 aliphatic heterocycles. The smallest absolute Gasteiger partial charge is 0.236 e. The Labute approximate surface area is 190 Å². The lowest BCUT2D eigenvalue weighted by molar-refractivity contribution is -0.113. The summed E-state index contributed by atoms with van der Waals surface area (Å²) in [7, 11) is 0. The molecule has 0 radical (unpaired) electrons. The molecule has 0 bridgehead atoms. The van der Waals surface area contributed by atoms with Gasteiger partial charge in [-0.15, -0.1) is 10.2 Å². The highest BCUT2D eigenvalue weighted by molar-refractivity contribution is 7.99. The Morgan fingerprint density at radius 2 is 1.97 bits per heavy atom. The summed E-state index contributed by atoms with van der Waals surface area (Å²) in [6.45, 7) is 7.88. The SMILES string of the molecule is Cc1c(C#N)c(NC(=O)CSc2nnc(C(C)C)n2C2CC2)n(-c2ccc(F)cc2)c1C. The average Bonchev–Trinajstić information content (AvgIpc) is 3.46. The number of thioether (sulfide) groups is 1. The fourth-order valence-corrected chi connectivity index (χ4v) is 4.54. The van der Waals surface area contributed by atoms with Gasteiger partial charge in [-0.3, -0.25) is 9.36 Å². The van der Waals surface area contributed by atoms with Crippen LogP contribution >= 0.6 is 11.8 Å². The van der Waals surface area contributed by atoms with E-state index in [4.69, 9.17) is 0 Å². The Bertz CT molecular complexity index is 1200. The molecule has 1 aromatic carbocycles. The van der Waals surface area contributed by atoms with Crippen molar-refractivity contribution in [2.75, 3.05) is 11.1 Å². The zero-order valence-electron chi connectivity index (χ0n) is 18.5. The molecule has 1 aliphatic rings. The summed E-state index contributed by atoms with van der Waals surface area (Å²) in [6, 6.07) is 8.57.